The van der Waals surface area contributed by atoms with Gasteiger partial charge in [0, 0.05) is 13.1 Å². The van der Waals surface area contributed by atoms with E-state index in [1.54, 1.807) is 36.5 Å². The predicted octanol–water partition coefficient (Wildman–Crippen LogP) is 3.84. The number of ether oxygens (including phenoxy) is 2. The summed E-state index contributed by atoms with van der Waals surface area (Å²) in [5.41, 5.74) is 1.30. The molecule has 1 unspecified atom stereocenters. The molecule has 3 aromatic rings. The second kappa shape index (κ2) is 11.4. The molecule has 196 valence electrons. The molecule has 37 heavy (non-hydrogen) atoms. The molecule has 0 spiro atoms. The van der Waals surface area contributed by atoms with Crippen LogP contribution >= 0.6 is 0 Å². The van der Waals surface area contributed by atoms with Crippen molar-refractivity contribution in [3.05, 3.63) is 83.7 Å². The average molecular weight is 508 g/mol. The molecule has 0 saturated carbocycles. The number of carbonyl (C=O) groups is 2. The molecular formula is C27H33N5O5. The van der Waals surface area contributed by atoms with Gasteiger partial charge in [-0.3, -0.25) is 0 Å². The molecule has 1 fully saturated rings. The lowest BCUT2D eigenvalue weighted by molar-refractivity contribution is 0.0411. The minimum absolute atomic E-state index is 0.164. The van der Waals surface area contributed by atoms with E-state index in [2.05, 4.69) is 15.6 Å². The average Bonchev–Trinajstić information content (AvgIpc) is 3.37. The molecule has 10 nitrogen and oxygen atoms in total. The maximum atomic E-state index is 12.9. The van der Waals surface area contributed by atoms with Crippen LogP contribution in [0.2, 0.25) is 0 Å². The third-order valence-electron chi connectivity index (χ3n) is 6.01. The number of aromatic nitrogens is 3. The van der Waals surface area contributed by atoms with Crippen LogP contribution in [-0.4, -0.2) is 61.9 Å². The lowest BCUT2D eigenvalue weighted by atomic mass is 9.99. The first-order chi connectivity index (χ1) is 17.7. The van der Waals surface area contributed by atoms with Crippen molar-refractivity contribution in [3.8, 4) is 0 Å². The molecular weight excluding hydrogens is 474 g/mol. The molecule has 10 heteroatoms. The van der Waals surface area contributed by atoms with Gasteiger partial charge < -0.3 is 24.8 Å². The second-order valence-electron chi connectivity index (χ2n) is 10.0. The fraction of sp³-hybridized carbons (Fsp3) is 0.407. The smallest absolute Gasteiger partial charge is 0.410 e. The maximum Gasteiger partial charge on any atom is 0.410 e. The maximum absolute atomic E-state index is 12.9. The summed E-state index contributed by atoms with van der Waals surface area (Å²) in [6, 6.07) is 17.8. The van der Waals surface area contributed by atoms with Crippen molar-refractivity contribution in [2.45, 2.75) is 57.6 Å². The second-order valence-corrected chi connectivity index (χ2v) is 10.0. The van der Waals surface area contributed by atoms with Crippen molar-refractivity contribution in [1.29, 1.82) is 0 Å². The van der Waals surface area contributed by atoms with Gasteiger partial charge in [0.1, 0.15) is 24.0 Å². The van der Waals surface area contributed by atoms with E-state index < -0.39 is 29.9 Å². The van der Waals surface area contributed by atoms with Crippen LogP contribution in [0.15, 0.2) is 66.9 Å². The number of hydrogen-bond donors (Lipinski definition) is 2. The Hall–Kier alpha value is -3.92. The number of rotatable bonds is 6. The zero-order chi connectivity index (χ0) is 26.4. The Morgan fingerprint density at radius 3 is 2.46 bits per heavy atom. The first-order valence-corrected chi connectivity index (χ1v) is 12.3. The van der Waals surface area contributed by atoms with Crippen LogP contribution in [0, 0.1) is 0 Å². The summed E-state index contributed by atoms with van der Waals surface area (Å²) in [6.45, 7) is 6.17. The first kappa shape index (κ1) is 26.2. The number of piperidine rings is 1. The number of carbonyl (C=O) groups excluding carboxylic acids is 2. The van der Waals surface area contributed by atoms with Crippen LogP contribution in [0.4, 0.5) is 9.59 Å². The number of likely N-dealkylation sites (tertiary alicyclic amines) is 1. The number of aliphatic hydroxyl groups is 1. The fourth-order valence-corrected chi connectivity index (χ4v) is 4.19. The Morgan fingerprint density at radius 2 is 1.78 bits per heavy atom. The zero-order valence-electron chi connectivity index (χ0n) is 21.3. The third kappa shape index (κ3) is 7.07. The van der Waals surface area contributed by atoms with E-state index in [9.17, 15) is 14.7 Å². The van der Waals surface area contributed by atoms with Crippen LogP contribution in [0.1, 0.15) is 56.2 Å². The highest BCUT2D eigenvalue weighted by Gasteiger charge is 2.36. The highest BCUT2D eigenvalue weighted by molar-refractivity contribution is 5.69. The van der Waals surface area contributed by atoms with E-state index in [0.717, 1.165) is 5.56 Å². The number of nitrogens with one attached hydrogen (secondary N) is 1. The normalized spacial score (nSPS) is 18.6. The zero-order valence-corrected chi connectivity index (χ0v) is 21.3. The van der Waals surface area contributed by atoms with Gasteiger partial charge in [-0.25, -0.2) is 14.3 Å². The molecule has 3 atom stereocenters. The van der Waals surface area contributed by atoms with Gasteiger partial charge in [0.15, 0.2) is 0 Å². The van der Waals surface area contributed by atoms with Gasteiger partial charge in [-0.2, -0.15) is 0 Å². The number of benzene rings is 2. The molecule has 0 aliphatic carbocycles. The monoisotopic (exact) mass is 507 g/mol. The van der Waals surface area contributed by atoms with Crippen molar-refractivity contribution in [1.82, 2.24) is 25.2 Å². The van der Waals surface area contributed by atoms with Crippen LogP contribution in [0.25, 0.3) is 0 Å². The van der Waals surface area contributed by atoms with Crippen molar-refractivity contribution >= 4 is 12.2 Å². The number of hydrogen-bond acceptors (Lipinski definition) is 7. The number of amides is 2. The third-order valence-corrected chi connectivity index (χ3v) is 6.01. The van der Waals surface area contributed by atoms with Gasteiger partial charge in [-0.1, -0.05) is 65.9 Å². The minimum Gasteiger partial charge on any atom is -0.445 e. The first-order valence-electron chi connectivity index (χ1n) is 12.3. The summed E-state index contributed by atoms with van der Waals surface area (Å²) in [4.78, 5) is 27.0. The largest absolute Gasteiger partial charge is 0.445 e. The Kier molecular flexibility index (Phi) is 8.08. The van der Waals surface area contributed by atoms with Crippen LogP contribution in [-0.2, 0) is 16.1 Å². The molecule has 2 heterocycles. The molecule has 1 aliphatic rings. The minimum atomic E-state index is -0.956. The number of aliphatic hydroxyl groups excluding tert-OH is 1. The standard InChI is InChI=1S/C27H33N5O5/c1-27(2,3)37-25(34)28-21-14-15-31(26(35)36-18-19-10-6-4-7-11-19)17-23(21)32-16-22(29-30-32)24(33)20-12-8-5-9-13-20/h4-13,16,21,23-24,33H,14-15,17-18H2,1-3H3,(H,28,34)/t21-,23-,24?/m1/s1. The predicted molar refractivity (Wildman–Crippen MR) is 136 cm³/mol. The fourth-order valence-electron chi connectivity index (χ4n) is 4.19. The van der Waals surface area contributed by atoms with Gasteiger partial charge in [0.2, 0.25) is 0 Å². The molecule has 2 aromatic carbocycles. The van der Waals surface area contributed by atoms with Crippen LogP contribution in [0.5, 0.6) is 0 Å². The molecule has 2 N–H and O–H groups in total. The lowest BCUT2D eigenvalue weighted by Crippen LogP contribution is -2.53. The van der Waals surface area contributed by atoms with Crippen molar-refractivity contribution in [2.24, 2.45) is 0 Å². The molecule has 1 aliphatic heterocycles. The lowest BCUT2D eigenvalue weighted by Gasteiger charge is -2.38. The van der Waals surface area contributed by atoms with Crippen LogP contribution in [0.3, 0.4) is 0 Å². The summed E-state index contributed by atoms with van der Waals surface area (Å²) in [6.07, 6.45) is 0.148. The summed E-state index contributed by atoms with van der Waals surface area (Å²) in [7, 11) is 0. The number of alkyl carbamates (subject to hydrolysis) is 1. The van der Waals surface area contributed by atoms with Gasteiger partial charge in [0.05, 0.1) is 18.3 Å². The van der Waals surface area contributed by atoms with E-state index >= 15 is 0 Å². The highest BCUT2D eigenvalue weighted by atomic mass is 16.6. The van der Waals surface area contributed by atoms with Gasteiger partial charge in [-0.05, 0) is 38.3 Å². The van der Waals surface area contributed by atoms with Crippen molar-refractivity contribution < 1.29 is 24.2 Å². The van der Waals surface area contributed by atoms with E-state index in [0.29, 0.717) is 24.2 Å². The summed E-state index contributed by atoms with van der Waals surface area (Å²) >= 11 is 0. The molecule has 1 saturated heterocycles. The Morgan fingerprint density at radius 1 is 1.11 bits per heavy atom. The highest BCUT2D eigenvalue weighted by Crippen LogP contribution is 2.26. The van der Waals surface area contributed by atoms with E-state index in [1.165, 1.54) is 0 Å². The Labute approximate surface area is 216 Å². The summed E-state index contributed by atoms with van der Waals surface area (Å²) < 4.78 is 12.6. The molecule has 4 rings (SSSR count). The summed E-state index contributed by atoms with van der Waals surface area (Å²) in [5, 5.41) is 22.1. The molecule has 2 amide bonds. The SMILES string of the molecule is CC(C)(C)OC(=O)N[C@@H]1CCN(C(=O)OCc2ccccc2)C[C@H]1n1cc(C(O)c2ccccc2)nn1. The van der Waals surface area contributed by atoms with E-state index in [4.69, 9.17) is 9.47 Å². The molecule has 0 radical (unpaired) electrons. The quantitative estimate of drug-likeness (QED) is 0.520. The van der Waals surface area contributed by atoms with Crippen molar-refractivity contribution in [3.63, 3.8) is 0 Å². The van der Waals surface area contributed by atoms with Gasteiger partial charge in [0.25, 0.3) is 0 Å². The van der Waals surface area contributed by atoms with Crippen molar-refractivity contribution in [2.75, 3.05) is 13.1 Å². The Bertz CT molecular complexity index is 1180. The Balaban J connectivity index is 1.50. The molecule has 0 bridgehead atoms. The number of nitrogens with zero attached hydrogens (tertiary/aromatic N) is 4. The van der Waals surface area contributed by atoms with Gasteiger partial charge in [-0.15, -0.1) is 5.10 Å². The molecule has 1 aromatic heterocycles. The van der Waals surface area contributed by atoms with E-state index in [1.807, 2.05) is 60.7 Å². The van der Waals surface area contributed by atoms with Crippen LogP contribution < -0.4 is 5.32 Å². The summed E-state index contributed by atoms with van der Waals surface area (Å²) in [5.74, 6) is 0. The topological polar surface area (TPSA) is 119 Å². The van der Waals surface area contributed by atoms with Gasteiger partial charge >= 0.3 is 12.2 Å². The van der Waals surface area contributed by atoms with E-state index in [-0.39, 0.29) is 19.2 Å².